The molecule has 1 aromatic carbocycles. The molecule has 0 N–H and O–H groups in total. The van der Waals surface area contributed by atoms with Gasteiger partial charge in [0.1, 0.15) is 11.6 Å². The van der Waals surface area contributed by atoms with Gasteiger partial charge in [0, 0.05) is 31.0 Å². The van der Waals surface area contributed by atoms with E-state index < -0.39 is 5.82 Å². The number of carbonyl (C=O) groups excluding carboxylic acids is 2. The van der Waals surface area contributed by atoms with Crippen molar-refractivity contribution in [2.75, 3.05) is 23.9 Å². The first-order valence-electron chi connectivity index (χ1n) is 7.08. The van der Waals surface area contributed by atoms with Crippen LogP contribution in [0.15, 0.2) is 29.6 Å². The smallest absolute Gasteiger partial charge is 0.259 e. The van der Waals surface area contributed by atoms with Crippen LogP contribution in [0.5, 0.6) is 0 Å². The highest BCUT2D eigenvalue weighted by Crippen LogP contribution is 2.26. The number of thiazole rings is 1. The van der Waals surface area contributed by atoms with E-state index in [2.05, 4.69) is 4.98 Å². The van der Waals surface area contributed by atoms with E-state index in [1.165, 1.54) is 45.4 Å². The zero-order chi connectivity index (χ0) is 17.1. The summed E-state index contributed by atoms with van der Waals surface area (Å²) in [5.74, 6) is -0.362. The van der Waals surface area contributed by atoms with E-state index in [0.29, 0.717) is 16.5 Å². The second-order valence-corrected chi connectivity index (χ2v) is 6.25. The Hall–Kier alpha value is -2.28. The predicted octanol–water partition coefficient (Wildman–Crippen LogP) is 3.18. The lowest BCUT2D eigenvalue weighted by atomic mass is 10.2. The maximum absolute atomic E-state index is 12.9. The van der Waals surface area contributed by atoms with Gasteiger partial charge in [-0.1, -0.05) is 13.8 Å². The summed E-state index contributed by atoms with van der Waals surface area (Å²) in [4.78, 5) is 31.5. The summed E-state index contributed by atoms with van der Waals surface area (Å²) in [5, 5.41) is 2.20. The average molecular weight is 335 g/mol. The molecule has 2 aromatic rings. The molecule has 0 spiro atoms. The van der Waals surface area contributed by atoms with E-state index in [4.69, 9.17) is 0 Å². The lowest BCUT2D eigenvalue weighted by Gasteiger charge is -2.17. The third kappa shape index (κ3) is 3.73. The molecule has 2 rings (SSSR count). The van der Waals surface area contributed by atoms with Crippen LogP contribution < -0.4 is 9.80 Å². The van der Waals surface area contributed by atoms with Gasteiger partial charge in [-0.15, -0.1) is 11.3 Å². The maximum atomic E-state index is 12.9. The van der Waals surface area contributed by atoms with Gasteiger partial charge in [-0.25, -0.2) is 9.37 Å². The maximum Gasteiger partial charge on any atom is 0.259 e. The Kier molecular flexibility index (Phi) is 5.10. The van der Waals surface area contributed by atoms with Gasteiger partial charge >= 0.3 is 0 Å². The van der Waals surface area contributed by atoms with E-state index in [0.717, 1.165) is 0 Å². The number of carbonyl (C=O) groups is 2. The van der Waals surface area contributed by atoms with Gasteiger partial charge in [-0.2, -0.15) is 0 Å². The van der Waals surface area contributed by atoms with Crippen LogP contribution in [-0.2, 0) is 4.79 Å². The molecule has 0 bridgehead atoms. The molecule has 7 heteroatoms. The van der Waals surface area contributed by atoms with E-state index in [9.17, 15) is 14.0 Å². The summed E-state index contributed by atoms with van der Waals surface area (Å²) >= 11 is 1.27. The summed E-state index contributed by atoms with van der Waals surface area (Å²) in [6, 6.07) is 5.33. The normalized spacial score (nSPS) is 10.7. The minimum atomic E-state index is -0.394. The van der Waals surface area contributed by atoms with E-state index in [-0.39, 0.29) is 17.7 Å². The van der Waals surface area contributed by atoms with Gasteiger partial charge in [0.05, 0.1) is 0 Å². The van der Waals surface area contributed by atoms with Crippen LogP contribution in [0.1, 0.15) is 24.2 Å². The quantitative estimate of drug-likeness (QED) is 0.862. The van der Waals surface area contributed by atoms with Gasteiger partial charge in [0.2, 0.25) is 5.91 Å². The van der Waals surface area contributed by atoms with Crippen molar-refractivity contribution in [1.29, 1.82) is 0 Å². The summed E-state index contributed by atoms with van der Waals surface area (Å²) < 4.78 is 12.9. The zero-order valence-electron chi connectivity index (χ0n) is 13.4. The number of rotatable bonds is 4. The molecule has 0 aliphatic heterocycles. The molecule has 0 unspecified atom stereocenters. The van der Waals surface area contributed by atoms with Crippen molar-refractivity contribution < 1.29 is 14.0 Å². The van der Waals surface area contributed by atoms with Crippen LogP contribution in [0.25, 0.3) is 0 Å². The first-order valence-corrected chi connectivity index (χ1v) is 7.96. The molecule has 0 aliphatic carbocycles. The number of aromatic nitrogens is 1. The van der Waals surface area contributed by atoms with Crippen molar-refractivity contribution in [1.82, 2.24) is 4.98 Å². The standard InChI is InChI=1S/C16H18FN3O2S/c1-10(2)14(21)19(3)13-9-23-16(18-13)20(4)15(22)11-5-7-12(17)8-6-11/h5-10H,1-4H3. The van der Waals surface area contributed by atoms with Crippen molar-refractivity contribution in [2.24, 2.45) is 5.92 Å². The van der Waals surface area contributed by atoms with Crippen LogP contribution >= 0.6 is 11.3 Å². The summed E-state index contributed by atoms with van der Waals surface area (Å²) in [5.41, 5.74) is 0.372. The lowest BCUT2D eigenvalue weighted by Crippen LogP contribution is -2.31. The number of nitrogens with zero attached hydrogens (tertiary/aromatic N) is 3. The predicted molar refractivity (Wildman–Crippen MR) is 89.5 cm³/mol. The molecule has 2 amide bonds. The van der Waals surface area contributed by atoms with E-state index in [1.807, 2.05) is 13.8 Å². The van der Waals surface area contributed by atoms with Crippen LogP contribution in [-0.4, -0.2) is 30.9 Å². The number of hydrogen-bond acceptors (Lipinski definition) is 4. The van der Waals surface area contributed by atoms with Crippen molar-refractivity contribution in [3.63, 3.8) is 0 Å². The van der Waals surface area contributed by atoms with E-state index in [1.54, 1.807) is 19.5 Å². The fourth-order valence-corrected chi connectivity index (χ4v) is 2.75. The van der Waals surface area contributed by atoms with Crippen LogP contribution in [0.3, 0.4) is 0 Å². The highest BCUT2D eigenvalue weighted by molar-refractivity contribution is 7.14. The Morgan fingerprint density at radius 1 is 1.13 bits per heavy atom. The average Bonchev–Trinajstić information content (AvgIpc) is 3.02. The molecule has 1 heterocycles. The summed E-state index contributed by atoms with van der Waals surface area (Å²) in [7, 11) is 3.25. The summed E-state index contributed by atoms with van der Waals surface area (Å²) in [6.07, 6.45) is 0. The van der Waals surface area contributed by atoms with Gasteiger partial charge in [0.15, 0.2) is 5.13 Å². The SMILES string of the molecule is CC(C)C(=O)N(C)c1csc(N(C)C(=O)c2ccc(F)cc2)n1. The Morgan fingerprint density at radius 3 is 2.30 bits per heavy atom. The molecule has 0 fully saturated rings. The van der Waals surface area contributed by atoms with Crippen molar-refractivity contribution >= 4 is 34.1 Å². The highest BCUT2D eigenvalue weighted by atomic mass is 32.1. The third-order valence-corrected chi connectivity index (χ3v) is 4.24. The molecule has 0 saturated heterocycles. The number of hydrogen-bond donors (Lipinski definition) is 0. The molecular weight excluding hydrogens is 317 g/mol. The fraction of sp³-hybridized carbons (Fsp3) is 0.312. The second-order valence-electron chi connectivity index (χ2n) is 5.41. The summed E-state index contributed by atoms with van der Waals surface area (Å²) in [6.45, 7) is 3.63. The number of anilines is 2. The molecule has 0 saturated carbocycles. The number of amides is 2. The largest absolute Gasteiger partial charge is 0.299 e. The number of benzene rings is 1. The van der Waals surface area contributed by atoms with Crippen molar-refractivity contribution in [3.8, 4) is 0 Å². The highest BCUT2D eigenvalue weighted by Gasteiger charge is 2.20. The van der Waals surface area contributed by atoms with Crippen molar-refractivity contribution in [2.45, 2.75) is 13.8 Å². The monoisotopic (exact) mass is 335 g/mol. The lowest BCUT2D eigenvalue weighted by molar-refractivity contribution is -0.121. The topological polar surface area (TPSA) is 53.5 Å². The first kappa shape index (κ1) is 17.1. The number of halogens is 1. The first-order chi connectivity index (χ1) is 10.8. The molecule has 0 aliphatic rings. The molecule has 23 heavy (non-hydrogen) atoms. The Bertz CT molecular complexity index is 712. The zero-order valence-corrected chi connectivity index (χ0v) is 14.2. The minimum absolute atomic E-state index is 0.0469. The van der Waals surface area contributed by atoms with Gasteiger partial charge in [-0.05, 0) is 24.3 Å². The fourth-order valence-electron chi connectivity index (χ4n) is 1.94. The molecule has 1 aromatic heterocycles. The van der Waals surface area contributed by atoms with Gasteiger partial charge in [0.25, 0.3) is 5.91 Å². The van der Waals surface area contributed by atoms with Crippen LogP contribution in [0.2, 0.25) is 0 Å². The molecule has 122 valence electrons. The van der Waals surface area contributed by atoms with Gasteiger partial charge < -0.3 is 0 Å². The second kappa shape index (κ2) is 6.87. The molecule has 0 radical (unpaired) electrons. The van der Waals surface area contributed by atoms with Gasteiger partial charge in [-0.3, -0.25) is 19.4 Å². The Balaban J connectivity index is 2.17. The van der Waals surface area contributed by atoms with E-state index >= 15 is 0 Å². The van der Waals surface area contributed by atoms with Crippen LogP contribution in [0, 0.1) is 11.7 Å². The molecule has 5 nitrogen and oxygen atoms in total. The molecular formula is C16H18FN3O2S. The third-order valence-electron chi connectivity index (χ3n) is 3.33. The van der Waals surface area contributed by atoms with Crippen molar-refractivity contribution in [3.05, 3.63) is 41.0 Å². The van der Waals surface area contributed by atoms with Crippen LogP contribution in [0.4, 0.5) is 15.3 Å². The minimum Gasteiger partial charge on any atom is -0.299 e. The Labute approximate surface area is 138 Å². The molecule has 0 atom stereocenters. The Morgan fingerprint density at radius 2 is 1.74 bits per heavy atom.